The van der Waals surface area contributed by atoms with Crippen LogP contribution in [0.15, 0.2) is 0 Å². The van der Waals surface area contributed by atoms with Crippen LogP contribution < -0.4 is 11.1 Å². The zero-order chi connectivity index (χ0) is 13.2. The smallest absolute Gasteiger partial charge is 0.227 e. The fourth-order valence-corrected chi connectivity index (χ4v) is 3.41. The monoisotopic (exact) mass is 254 g/mol. The normalized spacial score (nSPS) is 34.7. The summed E-state index contributed by atoms with van der Waals surface area (Å²) in [5, 5.41) is 3.19. The highest BCUT2D eigenvalue weighted by molar-refractivity contribution is 5.84. The molecule has 0 radical (unpaired) electrons. The summed E-state index contributed by atoms with van der Waals surface area (Å²) in [6.07, 6.45) is 3.98. The van der Waals surface area contributed by atoms with Crippen LogP contribution in [0.1, 0.15) is 39.5 Å². The van der Waals surface area contributed by atoms with Crippen molar-refractivity contribution in [1.29, 1.82) is 0 Å². The minimum Gasteiger partial charge on any atom is -0.381 e. The molecule has 104 valence electrons. The molecule has 3 N–H and O–H groups in total. The van der Waals surface area contributed by atoms with Crippen LogP contribution in [0.25, 0.3) is 0 Å². The van der Waals surface area contributed by atoms with E-state index < -0.39 is 0 Å². The lowest BCUT2D eigenvalue weighted by atomic mass is 9.62. The minimum atomic E-state index is -0.279. The van der Waals surface area contributed by atoms with E-state index in [9.17, 15) is 4.79 Å². The summed E-state index contributed by atoms with van der Waals surface area (Å²) >= 11 is 0. The van der Waals surface area contributed by atoms with Crippen molar-refractivity contribution in [1.82, 2.24) is 5.32 Å². The van der Waals surface area contributed by atoms with Crippen molar-refractivity contribution in [2.75, 3.05) is 19.8 Å². The molecule has 18 heavy (non-hydrogen) atoms. The van der Waals surface area contributed by atoms with Crippen LogP contribution >= 0.6 is 0 Å². The minimum absolute atomic E-state index is 0.169. The van der Waals surface area contributed by atoms with E-state index in [1.807, 2.05) is 0 Å². The molecule has 1 amide bonds. The number of amides is 1. The lowest BCUT2D eigenvalue weighted by molar-refractivity contribution is -0.139. The van der Waals surface area contributed by atoms with Crippen LogP contribution in [-0.4, -0.2) is 31.7 Å². The summed E-state index contributed by atoms with van der Waals surface area (Å²) < 4.78 is 5.36. The predicted molar refractivity (Wildman–Crippen MR) is 71.0 cm³/mol. The van der Waals surface area contributed by atoms with Crippen LogP contribution in [0.4, 0.5) is 0 Å². The third-order valence-corrected chi connectivity index (χ3v) is 4.68. The molecule has 2 fully saturated rings. The summed E-state index contributed by atoms with van der Waals surface area (Å²) in [7, 11) is 0. The van der Waals surface area contributed by atoms with E-state index in [4.69, 9.17) is 10.5 Å². The molecule has 2 aliphatic rings. The van der Waals surface area contributed by atoms with E-state index >= 15 is 0 Å². The largest absolute Gasteiger partial charge is 0.381 e. The van der Waals surface area contributed by atoms with Gasteiger partial charge in [0.1, 0.15) is 0 Å². The van der Waals surface area contributed by atoms with Crippen molar-refractivity contribution in [2.45, 2.75) is 45.6 Å². The molecule has 0 aromatic heterocycles. The first-order valence-electron chi connectivity index (χ1n) is 7.16. The van der Waals surface area contributed by atoms with E-state index in [2.05, 4.69) is 19.2 Å². The van der Waals surface area contributed by atoms with Crippen LogP contribution in [-0.2, 0) is 9.53 Å². The highest BCUT2D eigenvalue weighted by Crippen LogP contribution is 2.44. The molecule has 0 aromatic carbocycles. The molecular weight excluding hydrogens is 228 g/mol. The van der Waals surface area contributed by atoms with Crippen LogP contribution in [0.2, 0.25) is 0 Å². The van der Waals surface area contributed by atoms with Crippen molar-refractivity contribution in [3.8, 4) is 0 Å². The second-order valence-electron chi connectivity index (χ2n) is 6.21. The second kappa shape index (κ2) is 5.57. The second-order valence-corrected chi connectivity index (χ2v) is 6.21. The molecule has 1 aliphatic carbocycles. The van der Waals surface area contributed by atoms with E-state index in [0.29, 0.717) is 18.4 Å². The molecule has 1 saturated heterocycles. The molecular formula is C14H26N2O2. The fraction of sp³-hybridized carbons (Fsp3) is 0.929. The Morgan fingerprint density at radius 2 is 2.06 bits per heavy atom. The van der Waals surface area contributed by atoms with Gasteiger partial charge in [0.25, 0.3) is 0 Å². The van der Waals surface area contributed by atoms with Gasteiger partial charge in [0.05, 0.1) is 5.41 Å². The van der Waals surface area contributed by atoms with Gasteiger partial charge < -0.3 is 15.8 Å². The third-order valence-electron chi connectivity index (χ3n) is 4.68. The lowest BCUT2D eigenvalue weighted by Gasteiger charge is -2.45. The van der Waals surface area contributed by atoms with Gasteiger partial charge in [-0.2, -0.15) is 0 Å². The van der Waals surface area contributed by atoms with E-state index in [1.165, 1.54) is 0 Å². The Morgan fingerprint density at radius 3 is 2.56 bits per heavy atom. The van der Waals surface area contributed by atoms with Crippen molar-refractivity contribution >= 4 is 5.91 Å². The Morgan fingerprint density at radius 1 is 1.44 bits per heavy atom. The zero-order valence-corrected chi connectivity index (χ0v) is 11.6. The first-order valence-corrected chi connectivity index (χ1v) is 7.16. The molecule has 0 aromatic rings. The van der Waals surface area contributed by atoms with Crippen molar-refractivity contribution in [3.63, 3.8) is 0 Å². The first-order chi connectivity index (χ1) is 8.57. The molecule has 4 heteroatoms. The van der Waals surface area contributed by atoms with Gasteiger partial charge in [-0.1, -0.05) is 6.92 Å². The van der Waals surface area contributed by atoms with Gasteiger partial charge in [0.2, 0.25) is 5.91 Å². The average molecular weight is 254 g/mol. The van der Waals surface area contributed by atoms with Gasteiger partial charge >= 0.3 is 0 Å². The van der Waals surface area contributed by atoms with E-state index in [-0.39, 0.29) is 17.4 Å². The summed E-state index contributed by atoms with van der Waals surface area (Å²) in [5.74, 6) is 1.36. The number of nitrogens with one attached hydrogen (secondary N) is 1. The van der Waals surface area contributed by atoms with Crippen LogP contribution in [0.3, 0.4) is 0 Å². The Labute approximate surface area is 110 Å². The van der Waals surface area contributed by atoms with Gasteiger partial charge in [-0.25, -0.2) is 0 Å². The number of rotatable bonds is 4. The summed E-state index contributed by atoms with van der Waals surface area (Å²) in [4.78, 5) is 12.4. The molecule has 0 spiro atoms. The standard InChI is InChI=1S/C14H26N2O2/c1-10-7-14(8-10,9-15)13(17)16-11(2)12-3-5-18-6-4-12/h10-12H,3-9,15H2,1-2H3,(H,16,17). The van der Waals surface area contributed by atoms with Gasteiger partial charge in [-0.05, 0) is 44.4 Å². The molecule has 0 bridgehead atoms. The maximum absolute atomic E-state index is 12.4. The van der Waals surface area contributed by atoms with Gasteiger partial charge in [0.15, 0.2) is 0 Å². The molecule has 2 rings (SSSR count). The number of nitrogens with two attached hydrogens (primary N) is 1. The summed E-state index contributed by atoms with van der Waals surface area (Å²) in [6.45, 7) is 6.42. The Balaban J connectivity index is 1.86. The molecule has 1 heterocycles. The zero-order valence-electron chi connectivity index (χ0n) is 11.6. The Kier molecular flexibility index (Phi) is 4.28. The lowest BCUT2D eigenvalue weighted by Crippen LogP contribution is -2.56. The highest BCUT2D eigenvalue weighted by Gasteiger charge is 2.47. The van der Waals surface area contributed by atoms with Crippen LogP contribution in [0, 0.1) is 17.3 Å². The fourth-order valence-electron chi connectivity index (χ4n) is 3.41. The van der Waals surface area contributed by atoms with Gasteiger partial charge in [-0.3, -0.25) is 4.79 Å². The molecule has 1 unspecified atom stereocenters. The van der Waals surface area contributed by atoms with Gasteiger partial charge in [-0.15, -0.1) is 0 Å². The quantitative estimate of drug-likeness (QED) is 0.794. The Bertz CT molecular complexity index is 294. The molecule has 1 atom stereocenters. The molecule has 4 nitrogen and oxygen atoms in total. The van der Waals surface area contributed by atoms with E-state index in [0.717, 1.165) is 38.9 Å². The predicted octanol–water partition coefficient (Wildman–Crippen LogP) is 1.29. The molecule has 1 saturated carbocycles. The van der Waals surface area contributed by atoms with Crippen molar-refractivity contribution in [2.24, 2.45) is 23.0 Å². The SMILES string of the molecule is CC1CC(CN)(C(=O)NC(C)C2CCOCC2)C1. The summed E-state index contributed by atoms with van der Waals surface area (Å²) in [6, 6.07) is 0.237. The third kappa shape index (κ3) is 2.69. The maximum atomic E-state index is 12.4. The number of carbonyl (C=O) groups is 1. The van der Waals surface area contributed by atoms with Gasteiger partial charge in [0, 0.05) is 25.8 Å². The molecule has 1 aliphatic heterocycles. The Hall–Kier alpha value is -0.610. The number of hydrogen-bond donors (Lipinski definition) is 2. The topological polar surface area (TPSA) is 64.4 Å². The highest BCUT2D eigenvalue weighted by atomic mass is 16.5. The number of ether oxygens (including phenoxy) is 1. The van der Waals surface area contributed by atoms with Crippen molar-refractivity contribution < 1.29 is 9.53 Å². The average Bonchev–Trinajstić information content (AvgIpc) is 2.35. The van der Waals surface area contributed by atoms with Crippen molar-refractivity contribution in [3.05, 3.63) is 0 Å². The summed E-state index contributed by atoms with van der Waals surface area (Å²) in [5.41, 5.74) is 5.53. The first kappa shape index (κ1) is 13.8. The van der Waals surface area contributed by atoms with E-state index in [1.54, 1.807) is 0 Å². The number of carbonyl (C=O) groups excluding carboxylic acids is 1. The number of hydrogen-bond acceptors (Lipinski definition) is 3. The van der Waals surface area contributed by atoms with Crippen LogP contribution in [0.5, 0.6) is 0 Å². The maximum Gasteiger partial charge on any atom is 0.227 e.